The molecule has 0 aromatic carbocycles. The Morgan fingerprint density at radius 2 is 1.87 bits per heavy atom. The van der Waals surface area contributed by atoms with E-state index in [0.717, 1.165) is 25.1 Å². The van der Waals surface area contributed by atoms with E-state index in [2.05, 4.69) is 18.9 Å². The van der Waals surface area contributed by atoms with Gasteiger partial charge in [-0.25, -0.2) is 0 Å². The van der Waals surface area contributed by atoms with E-state index in [1.165, 1.54) is 25.7 Å². The summed E-state index contributed by atoms with van der Waals surface area (Å²) in [6.45, 7) is 4.67. The fourth-order valence-corrected chi connectivity index (χ4v) is 2.24. The number of hydrogen-bond acceptors (Lipinski definition) is 3. The van der Waals surface area contributed by atoms with Crippen molar-refractivity contribution in [3.8, 4) is 0 Å². The second-order valence-corrected chi connectivity index (χ2v) is 4.73. The van der Waals surface area contributed by atoms with E-state index in [0.29, 0.717) is 6.61 Å². The second kappa shape index (κ2) is 7.20. The zero-order valence-corrected chi connectivity index (χ0v) is 10.1. The van der Waals surface area contributed by atoms with Gasteiger partial charge in [0.1, 0.15) is 0 Å². The highest BCUT2D eigenvalue weighted by Gasteiger charge is 2.21. The van der Waals surface area contributed by atoms with Crippen molar-refractivity contribution in [1.29, 1.82) is 0 Å². The maximum atomic E-state index is 8.57. The Morgan fingerprint density at radius 1 is 1.20 bits per heavy atom. The van der Waals surface area contributed by atoms with Gasteiger partial charge < -0.3 is 14.7 Å². The molecule has 0 radical (unpaired) electrons. The van der Waals surface area contributed by atoms with Crippen LogP contribution in [0.2, 0.25) is 0 Å². The molecule has 0 bridgehead atoms. The van der Waals surface area contributed by atoms with Gasteiger partial charge in [0.15, 0.2) is 0 Å². The highest BCUT2D eigenvalue weighted by atomic mass is 16.5. The van der Waals surface area contributed by atoms with Gasteiger partial charge in [0.25, 0.3) is 0 Å². The molecule has 1 aliphatic carbocycles. The number of hydrogen-bond donors (Lipinski definition) is 1. The van der Waals surface area contributed by atoms with Crippen LogP contribution in [-0.2, 0) is 4.74 Å². The zero-order chi connectivity index (χ0) is 11.1. The lowest BCUT2D eigenvalue weighted by Crippen LogP contribution is -2.37. The molecule has 1 saturated carbocycles. The molecule has 0 saturated heterocycles. The molecule has 1 N–H and O–H groups in total. The minimum absolute atomic E-state index is 0.130. The largest absolute Gasteiger partial charge is 0.394 e. The van der Waals surface area contributed by atoms with E-state index in [1.807, 2.05) is 0 Å². The second-order valence-electron chi connectivity index (χ2n) is 4.73. The summed E-state index contributed by atoms with van der Waals surface area (Å²) in [5.41, 5.74) is 0. The first-order chi connectivity index (χ1) is 7.24. The summed E-state index contributed by atoms with van der Waals surface area (Å²) < 4.78 is 5.27. The van der Waals surface area contributed by atoms with Crippen molar-refractivity contribution in [1.82, 2.24) is 4.90 Å². The smallest absolute Gasteiger partial charge is 0.0698 e. The summed E-state index contributed by atoms with van der Waals surface area (Å²) in [4.78, 5) is 2.41. The zero-order valence-electron chi connectivity index (χ0n) is 10.1. The molecule has 3 heteroatoms. The van der Waals surface area contributed by atoms with Gasteiger partial charge in [-0.15, -0.1) is 0 Å². The van der Waals surface area contributed by atoms with Crippen LogP contribution < -0.4 is 0 Å². The number of rotatable bonds is 6. The molecule has 1 fully saturated rings. The van der Waals surface area contributed by atoms with Crippen LogP contribution in [0.4, 0.5) is 0 Å². The number of ether oxygens (including phenoxy) is 1. The first kappa shape index (κ1) is 12.9. The van der Waals surface area contributed by atoms with Gasteiger partial charge in [-0.3, -0.25) is 0 Å². The van der Waals surface area contributed by atoms with Crippen LogP contribution in [0.3, 0.4) is 0 Å². The standard InChI is InChI=1S/C12H25NO2/c1-11-3-5-12(6-4-11)13(2)7-9-15-10-8-14/h11-12,14H,3-10H2,1-2H3. The predicted molar refractivity (Wildman–Crippen MR) is 62.0 cm³/mol. The molecular weight excluding hydrogens is 190 g/mol. The molecular formula is C12H25NO2. The molecule has 3 nitrogen and oxygen atoms in total. The highest BCUT2D eigenvalue weighted by molar-refractivity contribution is 4.76. The molecule has 0 aliphatic heterocycles. The third-order valence-electron chi connectivity index (χ3n) is 3.43. The maximum Gasteiger partial charge on any atom is 0.0698 e. The first-order valence-corrected chi connectivity index (χ1v) is 6.13. The Kier molecular flexibility index (Phi) is 6.22. The Bertz CT molecular complexity index is 156. The van der Waals surface area contributed by atoms with E-state index in [9.17, 15) is 0 Å². The van der Waals surface area contributed by atoms with Crippen LogP contribution in [0.25, 0.3) is 0 Å². The van der Waals surface area contributed by atoms with Crippen molar-refractivity contribution < 1.29 is 9.84 Å². The topological polar surface area (TPSA) is 32.7 Å². The summed E-state index contributed by atoms with van der Waals surface area (Å²) in [6.07, 6.45) is 5.40. The molecule has 0 atom stereocenters. The van der Waals surface area contributed by atoms with Gasteiger partial charge in [0.2, 0.25) is 0 Å². The van der Waals surface area contributed by atoms with Crippen molar-refractivity contribution in [2.75, 3.05) is 33.4 Å². The van der Waals surface area contributed by atoms with Crippen molar-refractivity contribution in [3.63, 3.8) is 0 Å². The van der Waals surface area contributed by atoms with E-state index < -0.39 is 0 Å². The van der Waals surface area contributed by atoms with Gasteiger partial charge in [0, 0.05) is 12.6 Å². The van der Waals surface area contributed by atoms with Gasteiger partial charge in [-0.2, -0.15) is 0 Å². The fourth-order valence-electron chi connectivity index (χ4n) is 2.24. The van der Waals surface area contributed by atoms with Crippen molar-refractivity contribution >= 4 is 0 Å². The summed E-state index contributed by atoms with van der Waals surface area (Å²) in [5, 5.41) is 8.57. The molecule has 1 aliphatic rings. The normalized spacial score (nSPS) is 27.2. The van der Waals surface area contributed by atoms with E-state index >= 15 is 0 Å². The first-order valence-electron chi connectivity index (χ1n) is 6.13. The molecule has 1 rings (SSSR count). The lowest BCUT2D eigenvalue weighted by molar-refractivity contribution is 0.0634. The molecule has 0 unspecified atom stereocenters. The third kappa shape index (κ3) is 4.96. The van der Waals surface area contributed by atoms with Gasteiger partial charge in [-0.05, 0) is 38.6 Å². The molecule has 0 heterocycles. The van der Waals surface area contributed by atoms with Crippen molar-refractivity contribution in [2.45, 2.75) is 38.6 Å². The summed E-state index contributed by atoms with van der Waals surface area (Å²) in [6, 6.07) is 0.749. The van der Waals surface area contributed by atoms with Crippen LogP contribution in [0.5, 0.6) is 0 Å². The van der Waals surface area contributed by atoms with Gasteiger partial charge >= 0.3 is 0 Å². The van der Waals surface area contributed by atoms with Crippen LogP contribution in [0.1, 0.15) is 32.6 Å². The Labute approximate surface area is 93.4 Å². The van der Waals surface area contributed by atoms with Gasteiger partial charge in [0.05, 0.1) is 19.8 Å². The average molecular weight is 215 g/mol. The lowest BCUT2D eigenvalue weighted by atomic mass is 9.87. The minimum Gasteiger partial charge on any atom is -0.394 e. The number of nitrogens with zero attached hydrogens (tertiary/aromatic N) is 1. The highest BCUT2D eigenvalue weighted by Crippen LogP contribution is 2.26. The number of aliphatic hydroxyl groups excluding tert-OH is 1. The Morgan fingerprint density at radius 3 is 2.47 bits per heavy atom. The summed E-state index contributed by atoms with van der Waals surface area (Å²) in [7, 11) is 2.18. The SMILES string of the molecule is CC1CCC(N(C)CCOCCO)CC1. The molecule has 0 amide bonds. The Balaban J connectivity index is 2.08. The number of likely N-dealkylation sites (N-methyl/N-ethyl adjacent to an activating group) is 1. The maximum absolute atomic E-state index is 8.57. The van der Waals surface area contributed by atoms with E-state index in [-0.39, 0.29) is 6.61 Å². The van der Waals surface area contributed by atoms with E-state index in [4.69, 9.17) is 9.84 Å². The van der Waals surface area contributed by atoms with E-state index in [1.54, 1.807) is 0 Å². The quantitative estimate of drug-likeness (QED) is 0.682. The summed E-state index contributed by atoms with van der Waals surface area (Å²) >= 11 is 0. The lowest BCUT2D eigenvalue weighted by Gasteiger charge is -2.33. The van der Waals surface area contributed by atoms with Crippen molar-refractivity contribution in [2.24, 2.45) is 5.92 Å². The summed E-state index contributed by atoms with van der Waals surface area (Å²) in [5.74, 6) is 0.917. The van der Waals surface area contributed by atoms with Crippen molar-refractivity contribution in [3.05, 3.63) is 0 Å². The average Bonchev–Trinajstić information content (AvgIpc) is 2.25. The van der Waals surface area contributed by atoms with Crippen LogP contribution in [0, 0.1) is 5.92 Å². The molecule has 90 valence electrons. The Hall–Kier alpha value is -0.120. The minimum atomic E-state index is 0.130. The molecule has 0 aromatic heterocycles. The van der Waals surface area contributed by atoms with Crippen LogP contribution in [-0.4, -0.2) is 49.5 Å². The molecule has 0 aromatic rings. The predicted octanol–water partition coefficient (Wildman–Crippen LogP) is 1.51. The van der Waals surface area contributed by atoms with Crippen LogP contribution >= 0.6 is 0 Å². The van der Waals surface area contributed by atoms with Gasteiger partial charge in [-0.1, -0.05) is 6.92 Å². The van der Waals surface area contributed by atoms with Crippen LogP contribution in [0.15, 0.2) is 0 Å². The number of aliphatic hydroxyl groups is 1. The molecule has 15 heavy (non-hydrogen) atoms. The molecule has 0 spiro atoms. The monoisotopic (exact) mass is 215 g/mol. The fraction of sp³-hybridized carbons (Fsp3) is 1.00. The third-order valence-corrected chi connectivity index (χ3v) is 3.43.